The van der Waals surface area contributed by atoms with Crippen LogP contribution in [-0.2, 0) is 0 Å². The number of ether oxygens (including phenoxy) is 1. The lowest BCUT2D eigenvalue weighted by Crippen LogP contribution is -1.94. The van der Waals surface area contributed by atoms with Crippen LogP contribution >= 0.6 is 11.6 Å². The lowest BCUT2D eigenvalue weighted by molar-refractivity contribution is 0.112. The van der Waals surface area contributed by atoms with Crippen LogP contribution in [0.3, 0.4) is 0 Å². The van der Waals surface area contributed by atoms with Crippen LogP contribution in [0.4, 0.5) is 8.78 Å². The summed E-state index contributed by atoms with van der Waals surface area (Å²) in [5, 5.41) is -0.00454. The first-order valence-electron chi connectivity index (χ1n) is 4.98. The molecule has 2 nitrogen and oxygen atoms in total. The minimum absolute atomic E-state index is 0.00454. The molecule has 18 heavy (non-hydrogen) atoms. The van der Waals surface area contributed by atoms with Gasteiger partial charge in [0.05, 0.1) is 10.6 Å². The molecule has 0 unspecified atom stereocenters. The largest absolute Gasteiger partial charge is 0.452 e. The van der Waals surface area contributed by atoms with Crippen LogP contribution in [0.1, 0.15) is 10.4 Å². The Hall–Kier alpha value is -1.94. The van der Waals surface area contributed by atoms with E-state index in [1.807, 2.05) is 0 Å². The molecule has 0 aliphatic rings. The normalized spacial score (nSPS) is 10.2. The number of carbonyl (C=O) groups excluding carboxylic acids is 1. The molecule has 0 atom stereocenters. The number of rotatable bonds is 3. The Labute approximate surface area is 107 Å². The molecule has 0 heterocycles. The van der Waals surface area contributed by atoms with E-state index in [9.17, 15) is 13.6 Å². The van der Waals surface area contributed by atoms with E-state index >= 15 is 0 Å². The maximum Gasteiger partial charge on any atom is 0.173 e. The van der Waals surface area contributed by atoms with Gasteiger partial charge >= 0.3 is 0 Å². The molecule has 0 aromatic heterocycles. The van der Waals surface area contributed by atoms with Crippen LogP contribution in [0.15, 0.2) is 36.4 Å². The standard InChI is InChI=1S/C13H7ClF2O2/c14-10-6-9(15)4-5-12(10)18-13-8(7-17)2-1-3-11(13)16/h1-7H. The van der Waals surface area contributed by atoms with E-state index in [0.717, 1.165) is 18.2 Å². The third kappa shape index (κ3) is 2.49. The summed E-state index contributed by atoms with van der Waals surface area (Å²) >= 11 is 5.75. The Morgan fingerprint density at radius 2 is 1.94 bits per heavy atom. The smallest absolute Gasteiger partial charge is 0.173 e. The molecule has 0 N–H and O–H groups in total. The third-order valence-corrected chi connectivity index (χ3v) is 2.53. The molecule has 2 aromatic carbocycles. The molecule has 92 valence electrons. The molecule has 2 rings (SSSR count). The van der Waals surface area contributed by atoms with Crippen LogP contribution in [0.5, 0.6) is 11.5 Å². The van der Waals surface area contributed by atoms with Gasteiger partial charge in [-0.3, -0.25) is 4.79 Å². The molecule has 0 amide bonds. The Kier molecular flexibility index (Phi) is 3.58. The van der Waals surface area contributed by atoms with Crippen molar-refractivity contribution in [1.29, 1.82) is 0 Å². The molecule has 0 aliphatic heterocycles. The van der Waals surface area contributed by atoms with Crippen LogP contribution in [0.25, 0.3) is 0 Å². The third-order valence-electron chi connectivity index (χ3n) is 2.23. The summed E-state index contributed by atoms with van der Waals surface area (Å²) < 4.78 is 31.6. The van der Waals surface area contributed by atoms with Gasteiger partial charge in [-0.05, 0) is 30.3 Å². The molecule has 0 bridgehead atoms. The van der Waals surface area contributed by atoms with Crippen LogP contribution < -0.4 is 4.74 Å². The van der Waals surface area contributed by atoms with Crippen molar-refractivity contribution in [2.45, 2.75) is 0 Å². The van der Waals surface area contributed by atoms with Crippen molar-refractivity contribution in [2.75, 3.05) is 0 Å². The van der Waals surface area contributed by atoms with E-state index in [4.69, 9.17) is 16.3 Å². The van der Waals surface area contributed by atoms with E-state index in [-0.39, 0.29) is 22.1 Å². The summed E-state index contributed by atoms with van der Waals surface area (Å²) in [5.41, 5.74) is 0.0513. The quantitative estimate of drug-likeness (QED) is 0.779. The Morgan fingerprint density at radius 1 is 1.17 bits per heavy atom. The van der Waals surface area contributed by atoms with Gasteiger partial charge in [0.2, 0.25) is 0 Å². The van der Waals surface area contributed by atoms with E-state index in [0.29, 0.717) is 6.29 Å². The molecule has 0 radical (unpaired) electrons. The van der Waals surface area contributed by atoms with Gasteiger partial charge < -0.3 is 4.74 Å². The van der Waals surface area contributed by atoms with Gasteiger partial charge in [-0.15, -0.1) is 0 Å². The number of halogens is 3. The van der Waals surface area contributed by atoms with Crippen molar-refractivity contribution in [3.63, 3.8) is 0 Å². The van der Waals surface area contributed by atoms with Crippen molar-refractivity contribution in [3.8, 4) is 11.5 Å². The van der Waals surface area contributed by atoms with E-state index in [2.05, 4.69) is 0 Å². The first kappa shape index (κ1) is 12.5. The van der Waals surface area contributed by atoms with Gasteiger partial charge in [0.25, 0.3) is 0 Å². The molecule has 0 spiro atoms. The van der Waals surface area contributed by atoms with E-state index in [1.165, 1.54) is 18.2 Å². The number of carbonyl (C=O) groups is 1. The summed E-state index contributed by atoms with van der Waals surface area (Å²) in [6, 6.07) is 7.38. The Morgan fingerprint density at radius 3 is 2.61 bits per heavy atom. The molecular formula is C13H7ClF2O2. The van der Waals surface area contributed by atoms with Crippen molar-refractivity contribution in [2.24, 2.45) is 0 Å². The highest BCUT2D eigenvalue weighted by atomic mass is 35.5. The highest BCUT2D eigenvalue weighted by Crippen LogP contribution is 2.32. The number of hydrogen-bond acceptors (Lipinski definition) is 2. The molecule has 0 saturated carbocycles. The zero-order chi connectivity index (χ0) is 13.1. The highest BCUT2D eigenvalue weighted by molar-refractivity contribution is 6.32. The first-order valence-corrected chi connectivity index (χ1v) is 5.36. The average Bonchev–Trinajstić information content (AvgIpc) is 2.34. The minimum Gasteiger partial charge on any atom is -0.452 e. The lowest BCUT2D eigenvalue weighted by Gasteiger charge is -2.10. The average molecular weight is 269 g/mol. The second-order valence-electron chi connectivity index (χ2n) is 3.45. The number of para-hydroxylation sites is 1. The second kappa shape index (κ2) is 5.14. The fourth-order valence-electron chi connectivity index (χ4n) is 1.39. The van der Waals surface area contributed by atoms with Crippen molar-refractivity contribution < 1.29 is 18.3 Å². The van der Waals surface area contributed by atoms with Gasteiger partial charge in [0, 0.05) is 0 Å². The van der Waals surface area contributed by atoms with Gasteiger partial charge in [-0.1, -0.05) is 17.7 Å². The number of benzene rings is 2. The predicted molar refractivity (Wildman–Crippen MR) is 63.3 cm³/mol. The summed E-state index contributed by atoms with van der Waals surface area (Å²) in [4.78, 5) is 10.8. The van der Waals surface area contributed by atoms with Crippen LogP contribution in [0, 0.1) is 11.6 Å². The summed E-state index contributed by atoms with van der Waals surface area (Å²) in [5.74, 6) is -1.39. The van der Waals surface area contributed by atoms with Crippen molar-refractivity contribution in [3.05, 3.63) is 58.6 Å². The first-order chi connectivity index (χ1) is 8.61. The summed E-state index contributed by atoms with van der Waals surface area (Å²) in [7, 11) is 0. The molecule has 0 saturated heterocycles. The van der Waals surface area contributed by atoms with Gasteiger partial charge in [-0.2, -0.15) is 0 Å². The van der Waals surface area contributed by atoms with E-state index < -0.39 is 11.6 Å². The minimum atomic E-state index is -0.694. The zero-order valence-electron chi connectivity index (χ0n) is 8.99. The van der Waals surface area contributed by atoms with Gasteiger partial charge in [0.15, 0.2) is 17.9 Å². The van der Waals surface area contributed by atoms with Gasteiger partial charge in [-0.25, -0.2) is 8.78 Å². The fraction of sp³-hybridized carbons (Fsp3) is 0. The molecule has 2 aromatic rings. The highest BCUT2D eigenvalue weighted by Gasteiger charge is 2.12. The summed E-state index contributed by atoms with van der Waals surface area (Å²) in [6.45, 7) is 0. The molecule has 5 heteroatoms. The SMILES string of the molecule is O=Cc1cccc(F)c1Oc1ccc(F)cc1Cl. The molecular weight excluding hydrogens is 262 g/mol. The zero-order valence-corrected chi connectivity index (χ0v) is 9.75. The van der Waals surface area contributed by atoms with Crippen molar-refractivity contribution in [1.82, 2.24) is 0 Å². The van der Waals surface area contributed by atoms with Crippen LogP contribution in [-0.4, -0.2) is 6.29 Å². The fourth-order valence-corrected chi connectivity index (χ4v) is 1.60. The summed E-state index contributed by atoms with van der Waals surface area (Å²) in [6.07, 6.45) is 0.468. The maximum absolute atomic E-state index is 13.5. The van der Waals surface area contributed by atoms with E-state index in [1.54, 1.807) is 0 Å². The van der Waals surface area contributed by atoms with Crippen molar-refractivity contribution >= 4 is 17.9 Å². The molecule has 0 fully saturated rings. The Bertz CT molecular complexity index is 600. The topological polar surface area (TPSA) is 26.3 Å². The Balaban J connectivity index is 2.42. The van der Waals surface area contributed by atoms with Crippen LogP contribution in [0.2, 0.25) is 5.02 Å². The monoisotopic (exact) mass is 268 g/mol. The van der Waals surface area contributed by atoms with Gasteiger partial charge in [0.1, 0.15) is 11.6 Å². The predicted octanol–water partition coefficient (Wildman–Crippen LogP) is 4.22. The maximum atomic E-state index is 13.5. The number of hydrogen-bond donors (Lipinski definition) is 0. The lowest BCUT2D eigenvalue weighted by atomic mass is 10.2. The second-order valence-corrected chi connectivity index (χ2v) is 3.86. The molecule has 0 aliphatic carbocycles. The number of aldehydes is 1.